The number of carbonyl (C=O) groups is 1. The lowest BCUT2D eigenvalue weighted by atomic mass is 10.1. The monoisotopic (exact) mass is 291 g/mol. The Hall–Kier alpha value is -1.17. The molecule has 0 saturated carbocycles. The molecule has 0 radical (unpaired) electrons. The highest BCUT2D eigenvalue weighted by Crippen LogP contribution is 2.37. The number of nitrogens with zero attached hydrogens (tertiary/aromatic N) is 1. The first-order valence-electron chi connectivity index (χ1n) is 5.87. The molecule has 0 aliphatic carbocycles. The molecule has 1 amide bonds. The Morgan fingerprint density at radius 3 is 2.58 bits per heavy atom. The Kier molecular flexibility index (Phi) is 5.29. The van der Waals surface area contributed by atoms with Crippen LogP contribution in [0.2, 0.25) is 0 Å². The fourth-order valence-electron chi connectivity index (χ4n) is 1.50. The van der Waals surface area contributed by atoms with Crippen molar-refractivity contribution < 1.29 is 18.0 Å². The van der Waals surface area contributed by atoms with Gasteiger partial charge in [-0.25, -0.2) is 0 Å². The lowest BCUT2D eigenvalue weighted by molar-refractivity contribution is -0.0328. The summed E-state index contributed by atoms with van der Waals surface area (Å²) in [5, 5.41) is 0. The maximum absolute atomic E-state index is 12.3. The third kappa shape index (κ3) is 4.78. The van der Waals surface area contributed by atoms with Crippen molar-refractivity contribution in [1.29, 1.82) is 0 Å². The van der Waals surface area contributed by atoms with Crippen LogP contribution < -0.4 is 0 Å². The van der Waals surface area contributed by atoms with Crippen molar-refractivity contribution in [1.82, 2.24) is 4.90 Å². The number of amides is 1. The number of benzene rings is 1. The highest BCUT2D eigenvalue weighted by atomic mass is 32.2. The third-order valence-corrected chi connectivity index (χ3v) is 3.61. The van der Waals surface area contributed by atoms with Crippen molar-refractivity contribution in [2.45, 2.75) is 36.7 Å². The molecular formula is C13H16F3NOS. The standard InChI is InChI=1S/C13H16F3NOS/c1-4-9(2)17(3)12(18)10-6-5-7-11(8-10)19-13(14,15)16/h5-9H,4H2,1-3H3. The molecule has 0 N–H and O–H groups in total. The van der Waals surface area contributed by atoms with Crippen LogP contribution in [0.5, 0.6) is 0 Å². The zero-order chi connectivity index (χ0) is 14.6. The number of carbonyl (C=O) groups excluding carboxylic acids is 1. The van der Waals surface area contributed by atoms with Gasteiger partial charge in [0.15, 0.2) is 0 Å². The summed E-state index contributed by atoms with van der Waals surface area (Å²) < 4.78 is 36.8. The Labute approximate surface area is 115 Å². The average molecular weight is 291 g/mol. The van der Waals surface area contributed by atoms with Gasteiger partial charge in [-0.05, 0) is 43.3 Å². The van der Waals surface area contributed by atoms with Crippen LogP contribution in [0, 0.1) is 0 Å². The minimum absolute atomic E-state index is 0.0240. The fraction of sp³-hybridized carbons (Fsp3) is 0.462. The molecule has 0 aliphatic heterocycles. The summed E-state index contributed by atoms with van der Waals surface area (Å²) in [7, 11) is 1.65. The van der Waals surface area contributed by atoms with Gasteiger partial charge in [0.25, 0.3) is 5.91 Å². The van der Waals surface area contributed by atoms with Gasteiger partial charge in [0.05, 0.1) is 0 Å². The van der Waals surface area contributed by atoms with Gasteiger partial charge in [-0.15, -0.1) is 0 Å². The van der Waals surface area contributed by atoms with Gasteiger partial charge in [0.1, 0.15) is 0 Å². The molecule has 0 aliphatic rings. The minimum Gasteiger partial charge on any atom is -0.339 e. The molecule has 19 heavy (non-hydrogen) atoms. The van der Waals surface area contributed by atoms with E-state index in [0.717, 1.165) is 6.42 Å². The van der Waals surface area contributed by atoms with Gasteiger partial charge in [-0.1, -0.05) is 13.0 Å². The first kappa shape index (κ1) is 15.9. The third-order valence-electron chi connectivity index (χ3n) is 2.89. The molecule has 6 heteroatoms. The summed E-state index contributed by atoms with van der Waals surface area (Å²) in [6.45, 7) is 3.84. The summed E-state index contributed by atoms with van der Waals surface area (Å²) in [6, 6.07) is 5.66. The van der Waals surface area contributed by atoms with Crippen LogP contribution in [0.3, 0.4) is 0 Å². The van der Waals surface area contributed by atoms with E-state index in [4.69, 9.17) is 0 Å². The lowest BCUT2D eigenvalue weighted by Gasteiger charge is -2.24. The molecule has 0 spiro atoms. The summed E-state index contributed by atoms with van der Waals surface area (Å²) >= 11 is -0.213. The second-order valence-electron chi connectivity index (χ2n) is 4.25. The molecule has 0 saturated heterocycles. The summed E-state index contributed by atoms with van der Waals surface area (Å²) in [5.74, 6) is -0.265. The zero-order valence-corrected chi connectivity index (χ0v) is 11.8. The van der Waals surface area contributed by atoms with E-state index in [-0.39, 0.29) is 34.2 Å². The molecule has 2 nitrogen and oxygen atoms in total. The van der Waals surface area contributed by atoms with Crippen LogP contribution in [0.1, 0.15) is 30.6 Å². The van der Waals surface area contributed by atoms with E-state index in [9.17, 15) is 18.0 Å². The van der Waals surface area contributed by atoms with Crippen molar-refractivity contribution in [2.75, 3.05) is 7.05 Å². The SMILES string of the molecule is CCC(C)N(C)C(=O)c1cccc(SC(F)(F)F)c1. The molecule has 106 valence electrons. The fourth-order valence-corrected chi connectivity index (χ4v) is 2.10. The number of rotatable bonds is 4. The number of hydrogen-bond acceptors (Lipinski definition) is 2. The van der Waals surface area contributed by atoms with Gasteiger partial charge < -0.3 is 4.90 Å². The number of halogens is 3. The van der Waals surface area contributed by atoms with Crippen LogP contribution in [0.25, 0.3) is 0 Å². The summed E-state index contributed by atoms with van der Waals surface area (Å²) in [5.41, 5.74) is -4.07. The Morgan fingerprint density at radius 1 is 1.42 bits per heavy atom. The predicted molar refractivity (Wildman–Crippen MR) is 70.2 cm³/mol. The first-order valence-corrected chi connectivity index (χ1v) is 6.69. The van der Waals surface area contributed by atoms with Crippen LogP contribution in [0.4, 0.5) is 13.2 Å². The molecule has 1 unspecified atom stereocenters. The minimum atomic E-state index is -4.34. The highest BCUT2D eigenvalue weighted by Gasteiger charge is 2.29. The molecule has 1 aromatic rings. The van der Waals surface area contributed by atoms with Crippen LogP contribution >= 0.6 is 11.8 Å². The molecule has 0 aromatic heterocycles. The van der Waals surface area contributed by atoms with Gasteiger partial charge >= 0.3 is 5.51 Å². The van der Waals surface area contributed by atoms with Crippen molar-refractivity contribution in [3.8, 4) is 0 Å². The molecule has 1 atom stereocenters. The Bertz CT molecular complexity index is 448. The van der Waals surface area contributed by atoms with Crippen LogP contribution in [-0.4, -0.2) is 29.4 Å². The van der Waals surface area contributed by atoms with Crippen molar-refractivity contribution in [2.24, 2.45) is 0 Å². The Morgan fingerprint density at radius 2 is 2.05 bits per heavy atom. The van der Waals surface area contributed by atoms with Crippen LogP contribution in [-0.2, 0) is 0 Å². The van der Waals surface area contributed by atoms with E-state index in [1.54, 1.807) is 7.05 Å². The van der Waals surface area contributed by atoms with Gasteiger partial charge in [-0.2, -0.15) is 13.2 Å². The Balaban J connectivity index is 2.90. The normalized spacial score (nSPS) is 13.2. The highest BCUT2D eigenvalue weighted by molar-refractivity contribution is 8.00. The number of thioether (sulfide) groups is 1. The van der Waals surface area contributed by atoms with E-state index in [1.807, 2.05) is 13.8 Å². The second kappa shape index (κ2) is 6.32. The molecule has 0 fully saturated rings. The molecule has 0 heterocycles. The molecule has 1 rings (SSSR count). The molecule has 1 aromatic carbocycles. The van der Waals surface area contributed by atoms with E-state index >= 15 is 0 Å². The average Bonchev–Trinajstić information content (AvgIpc) is 2.34. The lowest BCUT2D eigenvalue weighted by Crippen LogP contribution is -2.34. The van der Waals surface area contributed by atoms with Crippen molar-refractivity contribution >= 4 is 17.7 Å². The van der Waals surface area contributed by atoms with E-state index in [2.05, 4.69) is 0 Å². The summed E-state index contributed by atoms with van der Waals surface area (Å²) in [6.07, 6.45) is 0.791. The van der Waals surface area contributed by atoms with Gasteiger partial charge in [0, 0.05) is 23.5 Å². The van der Waals surface area contributed by atoms with E-state index < -0.39 is 5.51 Å². The van der Waals surface area contributed by atoms with Gasteiger partial charge in [-0.3, -0.25) is 4.79 Å². The predicted octanol–water partition coefficient (Wildman–Crippen LogP) is 4.17. The largest absolute Gasteiger partial charge is 0.446 e. The number of alkyl halides is 3. The van der Waals surface area contributed by atoms with Gasteiger partial charge in [0.2, 0.25) is 0 Å². The van der Waals surface area contributed by atoms with Crippen molar-refractivity contribution in [3.63, 3.8) is 0 Å². The number of hydrogen-bond donors (Lipinski definition) is 0. The maximum atomic E-state index is 12.3. The molecular weight excluding hydrogens is 275 g/mol. The first-order chi connectivity index (χ1) is 8.74. The second-order valence-corrected chi connectivity index (χ2v) is 5.39. The zero-order valence-electron chi connectivity index (χ0n) is 11.0. The quantitative estimate of drug-likeness (QED) is 0.776. The van der Waals surface area contributed by atoms with Crippen molar-refractivity contribution in [3.05, 3.63) is 29.8 Å². The summed E-state index contributed by atoms with van der Waals surface area (Å²) in [4.78, 5) is 13.7. The molecule has 0 bridgehead atoms. The topological polar surface area (TPSA) is 20.3 Å². The van der Waals surface area contributed by atoms with E-state index in [0.29, 0.717) is 0 Å². The smallest absolute Gasteiger partial charge is 0.339 e. The maximum Gasteiger partial charge on any atom is 0.446 e. The van der Waals surface area contributed by atoms with E-state index in [1.165, 1.54) is 29.2 Å². The van der Waals surface area contributed by atoms with Crippen LogP contribution in [0.15, 0.2) is 29.2 Å².